The first-order valence-electron chi connectivity index (χ1n) is 9.66. The third kappa shape index (κ3) is 4.11. The Morgan fingerprint density at radius 1 is 1.06 bits per heavy atom. The van der Waals surface area contributed by atoms with Crippen LogP contribution in [0, 0.1) is 13.8 Å². The van der Waals surface area contributed by atoms with Crippen molar-refractivity contribution in [3.8, 4) is 11.3 Å². The molecule has 1 aliphatic heterocycles. The Labute approximate surface area is 178 Å². The van der Waals surface area contributed by atoms with Crippen LogP contribution in [0.1, 0.15) is 32.8 Å². The van der Waals surface area contributed by atoms with Gasteiger partial charge in [-0.2, -0.15) is 0 Å². The number of carboxylic acids is 1. The van der Waals surface area contributed by atoms with Crippen molar-refractivity contribution < 1.29 is 23.9 Å². The summed E-state index contributed by atoms with van der Waals surface area (Å²) in [5.41, 5.74) is 3.72. The van der Waals surface area contributed by atoms with Crippen LogP contribution in [-0.4, -0.2) is 27.9 Å². The minimum Gasteiger partial charge on any atom is -0.478 e. The Morgan fingerprint density at radius 3 is 2.52 bits per heavy atom. The normalized spacial score (nSPS) is 14.9. The molecule has 0 atom stereocenters. The molecule has 0 bridgehead atoms. The van der Waals surface area contributed by atoms with E-state index in [4.69, 9.17) is 4.42 Å². The third-order valence-electron chi connectivity index (χ3n) is 5.09. The number of furan rings is 1. The van der Waals surface area contributed by atoms with Gasteiger partial charge >= 0.3 is 12.0 Å². The Hall–Kier alpha value is -4.13. The maximum absolute atomic E-state index is 12.7. The number of aromatic carboxylic acids is 1. The maximum Gasteiger partial charge on any atom is 0.335 e. The molecule has 0 spiro atoms. The molecule has 0 unspecified atom stereocenters. The van der Waals surface area contributed by atoms with E-state index in [9.17, 15) is 19.5 Å². The molecule has 2 N–H and O–H groups in total. The Morgan fingerprint density at radius 2 is 1.81 bits per heavy atom. The number of aryl methyl sites for hydroxylation is 2. The van der Waals surface area contributed by atoms with Gasteiger partial charge < -0.3 is 14.8 Å². The number of carbonyl (C=O) groups excluding carboxylic acids is 2. The van der Waals surface area contributed by atoms with Crippen molar-refractivity contribution >= 4 is 24.0 Å². The van der Waals surface area contributed by atoms with Gasteiger partial charge in [0.2, 0.25) is 0 Å². The molecule has 3 amide bonds. The summed E-state index contributed by atoms with van der Waals surface area (Å²) in [6.07, 6.45) is 1.47. The number of urea groups is 1. The van der Waals surface area contributed by atoms with Crippen molar-refractivity contribution in [1.82, 2.24) is 10.2 Å². The second-order valence-electron chi connectivity index (χ2n) is 7.40. The predicted molar refractivity (Wildman–Crippen MR) is 114 cm³/mol. The lowest BCUT2D eigenvalue weighted by molar-refractivity contribution is -0.123. The molecule has 31 heavy (non-hydrogen) atoms. The average molecular weight is 416 g/mol. The quantitative estimate of drug-likeness (QED) is 0.476. The van der Waals surface area contributed by atoms with Crippen molar-refractivity contribution in [2.45, 2.75) is 20.4 Å². The molecule has 7 nitrogen and oxygen atoms in total. The smallest absolute Gasteiger partial charge is 0.335 e. The zero-order valence-electron chi connectivity index (χ0n) is 17.0. The molecule has 7 heteroatoms. The standard InChI is InChI=1S/C24H20N2O5/c1-14-3-6-16(7-4-14)13-26-22(27)20(25-24(26)30)12-18-9-10-21(31-18)19-11-17(23(28)29)8-5-15(19)2/h3-12H,13H2,1-2H3,(H,25,30)(H,28,29)/b20-12+. The van der Waals surface area contributed by atoms with Crippen LogP contribution in [0.2, 0.25) is 0 Å². The molecule has 2 aromatic carbocycles. The first-order valence-corrected chi connectivity index (χ1v) is 9.66. The molecule has 1 fully saturated rings. The average Bonchev–Trinajstić information content (AvgIpc) is 3.30. The van der Waals surface area contributed by atoms with E-state index in [1.165, 1.54) is 12.1 Å². The number of nitrogens with one attached hydrogen (secondary N) is 1. The van der Waals surface area contributed by atoms with Crippen LogP contribution in [0.25, 0.3) is 17.4 Å². The molecule has 156 valence electrons. The third-order valence-corrected chi connectivity index (χ3v) is 5.09. The highest BCUT2D eigenvalue weighted by Gasteiger charge is 2.33. The molecular formula is C24H20N2O5. The molecule has 1 saturated heterocycles. The van der Waals surface area contributed by atoms with Crippen LogP contribution in [0.3, 0.4) is 0 Å². The first-order chi connectivity index (χ1) is 14.8. The summed E-state index contributed by atoms with van der Waals surface area (Å²) in [6, 6.07) is 15.3. The number of nitrogens with zero attached hydrogens (tertiary/aromatic N) is 1. The summed E-state index contributed by atoms with van der Waals surface area (Å²) < 4.78 is 5.81. The van der Waals surface area contributed by atoms with Crippen LogP contribution in [-0.2, 0) is 11.3 Å². The zero-order valence-corrected chi connectivity index (χ0v) is 17.0. The molecule has 1 aliphatic rings. The second-order valence-corrected chi connectivity index (χ2v) is 7.40. The van der Waals surface area contributed by atoms with Gasteiger partial charge in [0.1, 0.15) is 17.2 Å². The van der Waals surface area contributed by atoms with Crippen molar-refractivity contribution in [2.24, 2.45) is 0 Å². The van der Waals surface area contributed by atoms with Crippen molar-refractivity contribution in [2.75, 3.05) is 0 Å². The van der Waals surface area contributed by atoms with E-state index in [-0.39, 0.29) is 17.8 Å². The summed E-state index contributed by atoms with van der Waals surface area (Å²) in [4.78, 5) is 37.4. The van der Waals surface area contributed by atoms with Gasteiger partial charge in [0.25, 0.3) is 5.91 Å². The Balaban J connectivity index is 1.56. The number of rotatable bonds is 5. The van der Waals surface area contributed by atoms with E-state index in [1.54, 1.807) is 24.3 Å². The molecular weight excluding hydrogens is 396 g/mol. The van der Waals surface area contributed by atoms with Gasteiger partial charge in [0, 0.05) is 11.6 Å². The molecule has 0 aliphatic carbocycles. The highest BCUT2D eigenvalue weighted by molar-refractivity contribution is 6.13. The monoisotopic (exact) mass is 416 g/mol. The Bertz CT molecular complexity index is 1220. The van der Waals surface area contributed by atoms with Crippen LogP contribution in [0.5, 0.6) is 0 Å². The van der Waals surface area contributed by atoms with Crippen LogP contribution in [0.4, 0.5) is 4.79 Å². The fraction of sp³-hybridized carbons (Fsp3) is 0.125. The maximum atomic E-state index is 12.7. The van der Waals surface area contributed by atoms with Gasteiger partial charge in [0.15, 0.2) is 0 Å². The van der Waals surface area contributed by atoms with Crippen LogP contribution < -0.4 is 5.32 Å². The molecule has 4 rings (SSSR count). The lowest BCUT2D eigenvalue weighted by atomic mass is 10.0. The molecule has 3 aromatic rings. The number of amides is 3. The molecule has 2 heterocycles. The lowest BCUT2D eigenvalue weighted by Gasteiger charge is -2.11. The van der Waals surface area contributed by atoms with E-state index >= 15 is 0 Å². The largest absolute Gasteiger partial charge is 0.478 e. The minimum absolute atomic E-state index is 0.119. The fourth-order valence-electron chi connectivity index (χ4n) is 3.33. The predicted octanol–water partition coefficient (Wildman–Crippen LogP) is 4.35. The number of carbonyl (C=O) groups is 3. The number of hydrogen-bond acceptors (Lipinski definition) is 4. The van der Waals surface area contributed by atoms with Crippen molar-refractivity contribution in [1.29, 1.82) is 0 Å². The fourth-order valence-corrected chi connectivity index (χ4v) is 3.33. The molecule has 0 saturated carbocycles. The number of imide groups is 1. The summed E-state index contributed by atoms with van der Waals surface area (Å²) in [6.45, 7) is 3.99. The van der Waals surface area contributed by atoms with E-state index in [0.29, 0.717) is 17.1 Å². The van der Waals surface area contributed by atoms with Crippen molar-refractivity contribution in [3.63, 3.8) is 0 Å². The van der Waals surface area contributed by atoms with E-state index in [1.807, 2.05) is 38.1 Å². The Kier molecular flexibility index (Phi) is 5.17. The summed E-state index contributed by atoms with van der Waals surface area (Å²) in [5.74, 6) is -0.618. The first kappa shape index (κ1) is 20.2. The van der Waals surface area contributed by atoms with Gasteiger partial charge in [-0.3, -0.25) is 9.69 Å². The van der Waals surface area contributed by atoms with Gasteiger partial charge in [0.05, 0.1) is 12.1 Å². The zero-order chi connectivity index (χ0) is 22.1. The number of hydrogen-bond donors (Lipinski definition) is 2. The van der Waals surface area contributed by atoms with E-state index in [2.05, 4.69) is 5.32 Å². The lowest BCUT2D eigenvalue weighted by Crippen LogP contribution is -2.30. The highest BCUT2D eigenvalue weighted by atomic mass is 16.4. The molecule has 1 aromatic heterocycles. The number of benzene rings is 2. The van der Waals surface area contributed by atoms with Crippen molar-refractivity contribution in [3.05, 3.63) is 88.3 Å². The van der Waals surface area contributed by atoms with Gasteiger partial charge in [-0.05, 0) is 49.2 Å². The van der Waals surface area contributed by atoms with Crippen LogP contribution in [0.15, 0.2) is 64.7 Å². The van der Waals surface area contributed by atoms with Crippen LogP contribution >= 0.6 is 0 Å². The highest BCUT2D eigenvalue weighted by Crippen LogP contribution is 2.28. The SMILES string of the molecule is Cc1ccc(CN2C(=O)N/C(=C/c3ccc(-c4cc(C(=O)O)ccc4C)o3)C2=O)cc1. The van der Waals surface area contributed by atoms with Gasteiger partial charge in [-0.25, -0.2) is 9.59 Å². The van der Waals surface area contributed by atoms with Gasteiger partial charge in [-0.15, -0.1) is 0 Å². The summed E-state index contributed by atoms with van der Waals surface area (Å²) >= 11 is 0. The topological polar surface area (TPSA) is 99.8 Å². The second kappa shape index (κ2) is 7.95. The van der Waals surface area contributed by atoms with E-state index < -0.39 is 17.9 Å². The molecule has 0 radical (unpaired) electrons. The summed E-state index contributed by atoms with van der Waals surface area (Å²) in [5, 5.41) is 11.8. The van der Waals surface area contributed by atoms with Gasteiger partial charge in [-0.1, -0.05) is 35.9 Å². The minimum atomic E-state index is -1.02. The van der Waals surface area contributed by atoms with E-state index in [0.717, 1.165) is 21.6 Å². The summed E-state index contributed by atoms with van der Waals surface area (Å²) in [7, 11) is 0. The number of carboxylic acid groups (broad SMARTS) is 1.